The fraction of sp³-hybridized carbons (Fsp3) is 0.878. The third kappa shape index (κ3) is 23.3. The average molecular weight is 712 g/mol. The van der Waals surface area contributed by atoms with Crippen LogP contribution in [-0.4, -0.2) is 87.5 Å². The van der Waals surface area contributed by atoms with E-state index in [0.717, 1.165) is 38.5 Å². The van der Waals surface area contributed by atoms with Crippen LogP contribution in [0.2, 0.25) is 0 Å². The average Bonchev–Trinajstić information content (AvgIpc) is 3.12. The van der Waals surface area contributed by atoms with Gasteiger partial charge >= 0.3 is 0 Å². The Bertz CT molecular complexity index is 837. The molecule has 1 aliphatic rings. The van der Waals surface area contributed by atoms with E-state index >= 15 is 0 Å². The minimum atomic E-state index is -1.54. The summed E-state index contributed by atoms with van der Waals surface area (Å²) < 4.78 is 11.2. The quantitative estimate of drug-likeness (QED) is 0.0302. The van der Waals surface area contributed by atoms with E-state index in [4.69, 9.17) is 9.47 Å². The van der Waals surface area contributed by atoms with Crippen LogP contribution < -0.4 is 5.32 Å². The Morgan fingerprint density at radius 1 is 0.640 bits per heavy atom. The SMILES string of the molecule is CCCCCCCCC/C=C\CC/C=C/CCC(CO[C@@H]1O[C@H](CO)[C@@H](O)[C@H](O)[C@H]1O)NC(=O)C(O)CCCCCCCCCCCCCC. The van der Waals surface area contributed by atoms with E-state index in [-0.39, 0.29) is 6.61 Å². The largest absolute Gasteiger partial charge is 0.394 e. The van der Waals surface area contributed by atoms with E-state index in [1.54, 1.807) is 0 Å². The van der Waals surface area contributed by atoms with Crippen molar-refractivity contribution in [2.24, 2.45) is 0 Å². The maximum absolute atomic E-state index is 12.9. The molecule has 294 valence electrons. The molecule has 1 rings (SSSR count). The Morgan fingerprint density at radius 3 is 1.66 bits per heavy atom. The van der Waals surface area contributed by atoms with E-state index in [1.807, 2.05) is 0 Å². The van der Waals surface area contributed by atoms with Crippen molar-refractivity contribution in [1.82, 2.24) is 5.32 Å². The number of aliphatic hydroxyl groups excluding tert-OH is 5. The number of carbonyl (C=O) groups excluding carboxylic acids is 1. The molecule has 0 aromatic heterocycles. The number of unbranched alkanes of at least 4 members (excludes halogenated alkanes) is 19. The standard InChI is InChI=1S/C41H77NO8/c1-3-5-7-9-11-13-15-17-18-19-20-22-24-26-28-30-34(33-49-41-39(47)38(46)37(45)36(32-43)50-41)42-40(48)35(44)31-29-27-25-23-21-16-14-12-10-8-6-4-2/h18-19,24,26,34-39,41,43-47H,3-17,20-23,25,27-33H2,1-2H3,(H,42,48)/b19-18-,26-24+/t34?,35?,36-,37-,38+,39-,41-/m1/s1. The van der Waals surface area contributed by atoms with Gasteiger partial charge in [-0.3, -0.25) is 4.79 Å². The summed E-state index contributed by atoms with van der Waals surface area (Å²) in [4.78, 5) is 12.9. The lowest BCUT2D eigenvalue weighted by atomic mass is 9.99. The molecule has 2 unspecified atom stereocenters. The monoisotopic (exact) mass is 712 g/mol. The first kappa shape index (κ1) is 46.7. The first-order valence-corrected chi connectivity index (χ1v) is 20.6. The summed E-state index contributed by atoms with van der Waals surface area (Å²) in [5.74, 6) is -0.453. The van der Waals surface area contributed by atoms with Gasteiger partial charge in [-0.15, -0.1) is 0 Å². The third-order valence-corrected chi connectivity index (χ3v) is 9.78. The summed E-state index contributed by atoms with van der Waals surface area (Å²) in [7, 11) is 0. The van der Waals surface area contributed by atoms with Crippen molar-refractivity contribution in [2.45, 2.75) is 217 Å². The highest BCUT2D eigenvalue weighted by atomic mass is 16.7. The lowest BCUT2D eigenvalue weighted by Gasteiger charge is -2.40. The van der Waals surface area contributed by atoms with Crippen LogP contribution in [0.4, 0.5) is 0 Å². The zero-order valence-corrected chi connectivity index (χ0v) is 31.9. The number of ether oxygens (including phenoxy) is 2. The zero-order valence-electron chi connectivity index (χ0n) is 31.9. The Kier molecular flexibility index (Phi) is 30.2. The van der Waals surface area contributed by atoms with Gasteiger partial charge in [0.2, 0.25) is 5.91 Å². The Balaban J connectivity index is 2.44. The molecule has 0 saturated carbocycles. The first-order chi connectivity index (χ1) is 24.3. The number of hydrogen-bond acceptors (Lipinski definition) is 8. The predicted octanol–water partition coefficient (Wildman–Crippen LogP) is 7.55. The van der Waals surface area contributed by atoms with Crippen molar-refractivity contribution in [3.05, 3.63) is 24.3 Å². The van der Waals surface area contributed by atoms with Gasteiger partial charge in [0.15, 0.2) is 6.29 Å². The summed E-state index contributed by atoms with van der Waals surface area (Å²) in [6, 6.07) is -0.474. The lowest BCUT2D eigenvalue weighted by Crippen LogP contribution is -2.59. The van der Waals surface area contributed by atoms with Crippen LogP contribution in [0.5, 0.6) is 0 Å². The highest BCUT2D eigenvalue weighted by Gasteiger charge is 2.44. The van der Waals surface area contributed by atoms with Crippen molar-refractivity contribution < 1.29 is 39.8 Å². The van der Waals surface area contributed by atoms with E-state index in [1.165, 1.54) is 103 Å². The fourth-order valence-electron chi connectivity index (χ4n) is 6.40. The van der Waals surface area contributed by atoms with Crippen molar-refractivity contribution >= 4 is 5.91 Å². The molecule has 0 aromatic carbocycles. The molecular formula is C41H77NO8. The van der Waals surface area contributed by atoms with E-state index < -0.39 is 55.4 Å². The molecule has 50 heavy (non-hydrogen) atoms. The van der Waals surface area contributed by atoms with Crippen molar-refractivity contribution in [3.8, 4) is 0 Å². The molecule has 1 aliphatic heterocycles. The second kappa shape index (κ2) is 32.3. The number of allylic oxidation sites excluding steroid dienone is 4. The molecular weight excluding hydrogens is 634 g/mol. The van der Waals surface area contributed by atoms with E-state index in [2.05, 4.69) is 43.5 Å². The van der Waals surface area contributed by atoms with Crippen LogP contribution in [0, 0.1) is 0 Å². The van der Waals surface area contributed by atoms with Gasteiger partial charge in [-0.05, 0) is 44.9 Å². The second-order valence-corrected chi connectivity index (χ2v) is 14.4. The fourth-order valence-corrected chi connectivity index (χ4v) is 6.40. The molecule has 9 nitrogen and oxygen atoms in total. The molecule has 0 aromatic rings. The highest BCUT2D eigenvalue weighted by molar-refractivity contribution is 5.80. The minimum absolute atomic E-state index is 0.0328. The molecule has 0 aliphatic carbocycles. The summed E-state index contributed by atoms with van der Waals surface area (Å²) in [5, 5.41) is 53.6. The molecule has 9 heteroatoms. The second-order valence-electron chi connectivity index (χ2n) is 14.4. The molecule has 1 saturated heterocycles. The molecule has 0 bridgehead atoms. The normalized spacial score (nSPS) is 22.4. The number of aliphatic hydroxyl groups is 5. The van der Waals surface area contributed by atoms with Crippen molar-refractivity contribution in [2.75, 3.05) is 13.2 Å². The van der Waals surface area contributed by atoms with Crippen LogP contribution in [-0.2, 0) is 14.3 Å². The third-order valence-electron chi connectivity index (χ3n) is 9.78. The predicted molar refractivity (Wildman–Crippen MR) is 203 cm³/mol. The molecule has 0 spiro atoms. The van der Waals surface area contributed by atoms with Crippen LogP contribution in [0.1, 0.15) is 174 Å². The summed E-state index contributed by atoms with van der Waals surface area (Å²) in [5.41, 5.74) is 0. The van der Waals surface area contributed by atoms with Crippen molar-refractivity contribution in [3.63, 3.8) is 0 Å². The smallest absolute Gasteiger partial charge is 0.249 e. The van der Waals surface area contributed by atoms with Gasteiger partial charge in [0.1, 0.15) is 30.5 Å². The number of rotatable bonds is 33. The maximum atomic E-state index is 12.9. The molecule has 1 amide bonds. The number of amides is 1. The summed E-state index contributed by atoms with van der Waals surface area (Å²) in [6.45, 7) is 3.91. The molecule has 7 atom stereocenters. The Morgan fingerprint density at radius 2 is 1.12 bits per heavy atom. The Hall–Kier alpha value is -1.33. The summed E-state index contributed by atoms with van der Waals surface area (Å²) >= 11 is 0. The van der Waals surface area contributed by atoms with Crippen LogP contribution in [0.15, 0.2) is 24.3 Å². The topological polar surface area (TPSA) is 149 Å². The lowest BCUT2D eigenvalue weighted by molar-refractivity contribution is -0.302. The maximum Gasteiger partial charge on any atom is 0.249 e. The molecule has 1 heterocycles. The van der Waals surface area contributed by atoms with Crippen molar-refractivity contribution in [1.29, 1.82) is 0 Å². The van der Waals surface area contributed by atoms with Crippen LogP contribution >= 0.6 is 0 Å². The van der Waals surface area contributed by atoms with Gasteiger partial charge in [-0.2, -0.15) is 0 Å². The van der Waals surface area contributed by atoms with Gasteiger partial charge in [0, 0.05) is 0 Å². The number of hydrogen-bond donors (Lipinski definition) is 6. The van der Waals surface area contributed by atoms with Gasteiger partial charge in [-0.1, -0.05) is 154 Å². The zero-order chi connectivity index (χ0) is 36.7. The molecule has 1 fully saturated rings. The number of carbonyl (C=O) groups is 1. The highest BCUT2D eigenvalue weighted by Crippen LogP contribution is 2.22. The van der Waals surface area contributed by atoms with Crippen LogP contribution in [0.3, 0.4) is 0 Å². The van der Waals surface area contributed by atoms with Gasteiger partial charge in [-0.25, -0.2) is 0 Å². The van der Waals surface area contributed by atoms with Crippen LogP contribution in [0.25, 0.3) is 0 Å². The molecule has 6 N–H and O–H groups in total. The molecule has 0 radical (unpaired) electrons. The van der Waals surface area contributed by atoms with Gasteiger partial charge in [0.05, 0.1) is 19.3 Å². The first-order valence-electron chi connectivity index (χ1n) is 20.6. The minimum Gasteiger partial charge on any atom is -0.394 e. The van der Waals surface area contributed by atoms with E-state index in [9.17, 15) is 30.3 Å². The summed E-state index contributed by atoms with van der Waals surface area (Å²) in [6.07, 6.45) is 29.3. The van der Waals surface area contributed by atoms with Gasteiger partial charge in [0.25, 0.3) is 0 Å². The number of nitrogens with one attached hydrogen (secondary N) is 1. The Labute approximate surface area is 305 Å². The van der Waals surface area contributed by atoms with E-state index in [0.29, 0.717) is 19.3 Å². The van der Waals surface area contributed by atoms with Gasteiger partial charge < -0.3 is 40.3 Å².